The van der Waals surface area contributed by atoms with Crippen molar-refractivity contribution in [3.63, 3.8) is 0 Å². The molecular formula is C13H20N2O4S. The van der Waals surface area contributed by atoms with Crippen molar-refractivity contribution in [2.24, 2.45) is 0 Å². The molecule has 0 atom stereocenters. The van der Waals surface area contributed by atoms with E-state index in [1.54, 1.807) is 33.8 Å². The van der Waals surface area contributed by atoms with Crippen LogP contribution in [0, 0.1) is 6.92 Å². The number of nitrogens with one attached hydrogen (secondary N) is 2. The van der Waals surface area contributed by atoms with Gasteiger partial charge in [0.2, 0.25) is 10.0 Å². The molecule has 0 aliphatic rings. The van der Waals surface area contributed by atoms with Crippen LogP contribution in [0.4, 0.5) is 10.5 Å². The largest absolute Gasteiger partial charge is 0.444 e. The molecule has 0 saturated heterocycles. The number of anilines is 1. The quantitative estimate of drug-likeness (QED) is 0.896. The number of sulfonamides is 1. The van der Waals surface area contributed by atoms with Gasteiger partial charge in [-0.1, -0.05) is 6.07 Å². The molecule has 0 aliphatic heterocycles. The Morgan fingerprint density at radius 1 is 1.25 bits per heavy atom. The first-order valence-corrected chi connectivity index (χ1v) is 7.58. The van der Waals surface area contributed by atoms with Crippen molar-refractivity contribution in [1.29, 1.82) is 0 Å². The van der Waals surface area contributed by atoms with Crippen molar-refractivity contribution >= 4 is 21.8 Å². The fraction of sp³-hybridized carbons (Fsp3) is 0.462. The van der Waals surface area contributed by atoms with Crippen LogP contribution in [0.5, 0.6) is 0 Å². The third kappa shape index (κ3) is 4.50. The number of carbonyl (C=O) groups is 1. The molecule has 1 rings (SSSR count). The number of amides is 1. The van der Waals surface area contributed by atoms with Crippen molar-refractivity contribution in [2.45, 2.75) is 38.2 Å². The van der Waals surface area contributed by atoms with E-state index in [-0.39, 0.29) is 4.90 Å². The van der Waals surface area contributed by atoms with E-state index in [4.69, 9.17) is 4.74 Å². The minimum atomic E-state index is -3.55. The molecule has 0 unspecified atom stereocenters. The minimum absolute atomic E-state index is 0.0802. The Morgan fingerprint density at radius 2 is 1.85 bits per heavy atom. The minimum Gasteiger partial charge on any atom is -0.444 e. The highest BCUT2D eigenvalue weighted by atomic mass is 32.2. The summed E-state index contributed by atoms with van der Waals surface area (Å²) in [6, 6.07) is 4.49. The van der Waals surface area contributed by atoms with E-state index < -0.39 is 21.7 Å². The van der Waals surface area contributed by atoms with Crippen LogP contribution in [0.1, 0.15) is 26.3 Å². The van der Waals surface area contributed by atoms with Gasteiger partial charge in [-0.25, -0.2) is 17.9 Å². The molecule has 0 fully saturated rings. The molecule has 0 saturated carbocycles. The molecule has 2 N–H and O–H groups in total. The van der Waals surface area contributed by atoms with Crippen LogP contribution in [-0.2, 0) is 14.8 Å². The second-order valence-electron chi connectivity index (χ2n) is 5.31. The normalized spacial score (nSPS) is 12.1. The fourth-order valence-electron chi connectivity index (χ4n) is 1.43. The number of carbonyl (C=O) groups excluding carboxylic acids is 1. The van der Waals surface area contributed by atoms with E-state index in [0.29, 0.717) is 5.69 Å². The topological polar surface area (TPSA) is 84.5 Å². The van der Waals surface area contributed by atoms with E-state index in [2.05, 4.69) is 10.0 Å². The van der Waals surface area contributed by atoms with Crippen LogP contribution in [0.15, 0.2) is 23.1 Å². The van der Waals surface area contributed by atoms with Crippen LogP contribution in [0.3, 0.4) is 0 Å². The van der Waals surface area contributed by atoms with Gasteiger partial charge in [-0.3, -0.25) is 5.32 Å². The van der Waals surface area contributed by atoms with Crippen LogP contribution >= 0.6 is 0 Å². The van der Waals surface area contributed by atoms with Gasteiger partial charge in [-0.2, -0.15) is 0 Å². The monoisotopic (exact) mass is 300 g/mol. The maximum absolute atomic E-state index is 11.7. The summed E-state index contributed by atoms with van der Waals surface area (Å²) in [6.45, 7) is 7.02. The Bertz CT molecular complexity index is 603. The first-order chi connectivity index (χ1) is 9.05. The Labute approximate surface area is 119 Å². The summed E-state index contributed by atoms with van der Waals surface area (Å²) >= 11 is 0. The highest BCUT2D eigenvalue weighted by Crippen LogP contribution is 2.21. The van der Waals surface area contributed by atoms with Crippen molar-refractivity contribution in [3.8, 4) is 0 Å². The lowest BCUT2D eigenvalue weighted by Crippen LogP contribution is -2.27. The second-order valence-corrected chi connectivity index (χ2v) is 7.20. The molecular weight excluding hydrogens is 280 g/mol. The molecule has 1 aromatic carbocycles. The van der Waals surface area contributed by atoms with Gasteiger partial charge in [0, 0.05) is 5.69 Å². The molecule has 20 heavy (non-hydrogen) atoms. The SMILES string of the molecule is CNS(=O)(=O)c1ccc(C)c(NC(=O)OC(C)(C)C)c1. The van der Waals surface area contributed by atoms with Crippen LogP contribution < -0.4 is 10.0 Å². The molecule has 0 bridgehead atoms. The average Bonchev–Trinajstić information content (AvgIpc) is 2.29. The lowest BCUT2D eigenvalue weighted by Gasteiger charge is -2.20. The van der Waals surface area contributed by atoms with Crippen molar-refractivity contribution in [3.05, 3.63) is 23.8 Å². The van der Waals surface area contributed by atoms with Crippen LogP contribution in [-0.4, -0.2) is 27.2 Å². The molecule has 6 nitrogen and oxygen atoms in total. The lowest BCUT2D eigenvalue weighted by atomic mass is 10.2. The van der Waals surface area contributed by atoms with Gasteiger partial charge in [-0.15, -0.1) is 0 Å². The summed E-state index contributed by atoms with van der Waals surface area (Å²) in [4.78, 5) is 11.8. The maximum atomic E-state index is 11.7. The van der Waals surface area contributed by atoms with Gasteiger partial charge >= 0.3 is 6.09 Å². The van der Waals surface area contributed by atoms with Crippen LogP contribution in [0.2, 0.25) is 0 Å². The summed E-state index contributed by atoms with van der Waals surface area (Å²) in [5, 5.41) is 2.55. The third-order valence-electron chi connectivity index (χ3n) is 2.42. The zero-order chi connectivity index (χ0) is 15.6. The summed E-state index contributed by atoms with van der Waals surface area (Å²) in [7, 11) is -2.22. The first kappa shape index (κ1) is 16.5. The van der Waals surface area contributed by atoms with Gasteiger partial charge in [0.1, 0.15) is 5.60 Å². The summed E-state index contributed by atoms with van der Waals surface area (Å²) in [5.74, 6) is 0. The third-order valence-corrected chi connectivity index (χ3v) is 3.84. The van der Waals surface area contributed by atoms with E-state index in [0.717, 1.165) is 5.56 Å². The number of hydrogen-bond acceptors (Lipinski definition) is 4. The molecule has 0 aliphatic carbocycles. The number of benzene rings is 1. The zero-order valence-electron chi connectivity index (χ0n) is 12.3. The molecule has 0 heterocycles. The molecule has 1 amide bonds. The summed E-state index contributed by atoms with van der Waals surface area (Å²) < 4.78 is 30.8. The van der Waals surface area contributed by atoms with Gasteiger partial charge in [0.25, 0.3) is 0 Å². The fourth-order valence-corrected chi connectivity index (χ4v) is 2.19. The van der Waals surface area contributed by atoms with Gasteiger partial charge in [0.15, 0.2) is 0 Å². The summed E-state index contributed by atoms with van der Waals surface area (Å²) in [6.07, 6.45) is -0.625. The number of aryl methyl sites for hydroxylation is 1. The lowest BCUT2D eigenvalue weighted by molar-refractivity contribution is 0.0635. The second kappa shape index (κ2) is 5.80. The first-order valence-electron chi connectivity index (χ1n) is 6.09. The molecule has 0 radical (unpaired) electrons. The molecule has 1 aromatic rings. The van der Waals surface area contributed by atoms with E-state index >= 15 is 0 Å². The smallest absolute Gasteiger partial charge is 0.412 e. The number of ether oxygens (including phenoxy) is 1. The van der Waals surface area contributed by atoms with E-state index in [9.17, 15) is 13.2 Å². The maximum Gasteiger partial charge on any atom is 0.412 e. The Balaban J connectivity index is 3.02. The highest BCUT2D eigenvalue weighted by Gasteiger charge is 2.18. The van der Waals surface area contributed by atoms with Crippen LogP contribution in [0.25, 0.3) is 0 Å². The van der Waals surface area contributed by atoms with E-state index in [1.807, 2.05) is 0 Å². The van der Waals surface area contributed by atoms with Crippen molar-refractivity contribution in [2.75, 3.05) is 12.4 Å². The Kier molecular flexibility index (Phi) is 4.77. The molecule has 112 valence electrons. The molecule has 7 heteroatoms. The van der Waals surface area contributed by atoms with Gasteiger partial charge in [0.05, 0.1) is 4.90 Å². The average molecular weight is 300 g/mol. The molecule has 0 spiro atoms. The van der Waals surface area contributed by atoms with Crippen molar-refractivity contribution in [1.82, 2.24) is 4.72 Å². The predicted molar refractivity (Wildman–Crippen MR) is 77.3 cm³/mol. The zero-order valence-corrected chi connectivity index (χ0v) is 13.1. The number of rotatable bonds is 3. The highest BCUT2D eigenvalue weighted by molar-refractivity contribution is 7.89. The number of hydrogen-bond donors (Lipinski definition) is 2. The van der Waals surface area contributed by atoms with Gasteiger partial charge in [-0.05, 0) is 52.4 Å². The van der Waals surface area contributed by atoms with Crippen molar-refractivity contribution < 1.29 is 17.9 Å². The van der Waals surface area contributed by atoms with E-state index in [1.165, 1.54) is 19.2 Å². The Morgan fingerprint density at radius 3 is 2.35 bits per heavy atom. The predicted octanol–water partition coefficient (Wildman–Crippen LogP) is 2.25. The Hall–Kier alpha value is -1.60. The summed E-state index contributed by atoms with van der Waals surface area (Å²) in [5.41, 5.74) is 0.522. The molecule has 0 aromatic heterocycles. The van der Waals surface area contributed by atoms with Gasteiger partial charge < -0.3 is 4.74 Å². The standard InChI is InChI=1S/C13H20N2O4S/c1-9-6-7-10(20(17,18)14-5)8-11(9)15-12(16)19-13(2,3)4/h6-8,14H,1-5H3,(H,15,16).